The summed E-state index contributed by atoms with van der Waals surface area (Å²) in [6.07, 6.45) is -0.702. The topological polar surface area (TPSA) is 133 Å². The zero-order chi connectivity index (χ0) is 17.2. The highest BCUT2D eigenvalue weighted by molar-refractivity contribution is 6.30. The maximum absolute atomic E-state index is 13.4. The number of amides is 3. The van der Waals surface area contributed by atoms with Crippen molar-refractivity contribution in [3.63, 3.8) is 0 Å². The lowest BCUT2D eigenvalue weighted by molar-refractivity contribution is -0.181. The second-order valence-corrected chi connectivity index (χ2v) is 5.96. The summed E-state index contributed by atoms with van der Waals surface area (Å²) >= 11 is 0. The Bertz CT molecular complexity index is 768. The fourth-order valence-corrected chi connectivity index (χ4v) is 2.90. The number of benzene rings is 1. The second-order valence-electron chi connectivity index (χ2n) is 5.96. The van der Waals surface area contributed by atoms with Gasteiger partial charge in [0.2, 0.25) is 11.6 Å². The summed E-state index contributed by atoms with van der Waals surface area (Å²) in [4.78, 5) is 36.8. The Balaban J connectivity index is 2.03. The Labute approximate surface area is 130 Å². The summed E-state index contributed by atoms with van der Waals surface area (Å²) < 4.78 is 13.4. The van der Waals surface area contributed by atoms with Crippen molar-refractivity contribution in [1.29, 1.82) is 0 Å². The number of nitrogens with one attached hydrogen (secondary N) is 1. The minimum atomic E-state index is -2.45. The Morgan fingerprint density at radius 3 is 2.57 bits per heavy atom. The number of fused-ring (bicyclic) bond motifs is 1. The van der Waals surface area contributed by atoms with E-state index in [0.29, 0.717) is 0 Å². The largest absolute Gasteiger partial charge is 0.398 e. The molecule has 1 saturated heterocycles. The molecule has 3 amide bonds. The summed E-state index contributed by atoms with van der Waals surface area (Å²) in [5, 5.41) is 22.5. The molecule has 1 fully saturated rings. The molecule has 5 N–H and O–H groups in total. The SMILES string of the molecule is BC1(O)CC(O)(N2Cc3c(N)cc(F)cc3C2=O)C(=O)NC1=O. The van der Waals surface area contributed by atoms with Crippen molar-refractivity contribution >= 4 is 31.3 Å². The van der Waals surface area contributed by atoms with E-state index in [1.165, 1.54) is 0 Å². The van der Waals surface area contributed by atoms with Gasteiger partial charge in [-0.05, 0) is 12.1 Å². The summed E-state index contributed by atoms with van der Waals surface area (Å²) in [5.74, 6) is -3.64. The predicted molar refractivity (Wildman–Crippen MR) is 76.9 cm³/mol. The molecule has 0 radical (unpaired) electrons. The Morgan fingerprint density at radius 1 is 1.26 bits per heavy atom. The predicted octanol–water partition coefficient (Wildman–Crippen LogP) is -2.58. The number of anilines is 1. The molecular weight excluding hydrogens is 308 g/mol. The number of carbonyl (C=O) groups is 3. The number of hydrogen-bond donors (Lipinski definition) is 4. The summed E-state index contributed by atoms with van der Waals surface area (Å²) in [6, 6.07) is 1.99. The van der Waals surface area contributed by atoms with Gasteiger partial charge in [-0.25, -0.2) is 4.39 Å². The third kappa shape index (κ3) is 2.10. The first-order chi connectivity index (χ1) is 10.6. The van der Waals surface area contributed by atoms with Gasteiger partial charge >= 0.3 is 0 Å². The van der Waals surface area contributed by atoms with Crippen LogP contribution in [0, 0.1) is 5.82 Å². The number of halogens is 1. The molecule has 3 rings (SSSR count). The first-order valence-electron chi connectivity index (χ1n) is 6.77. The highest BCUT2D eigenvalue weighted by atomic mass is 19.1. The van der Waals surface area contributed by atoms with Crippen molar-refractivity contribution in [1.82, 2.24) is 10.2 Å². The molecule has 0 bridgehead atoms. The second kappa shape index (κ2) is 4.52. The van der Waals surface area contributed by atoms with Crippen molar-refractivity contribution < 1.29 is 29.0 Å². The van der Waals surface area contributed by atoms with Gasteiger partial charge < -0.3 is 15.9 Å². The molecule has 2 aliphatic heterocycles. The van der Waals surface area contributed by atoms with Gasteiger partial charge in [0.25, 0.3) is 11.8 Å². The van der Waals surface area contributed by atoms with Crippen molar-refractivity contribution in [2.45, 2.75) is 24.2 Å². The minimum Gasteiger partial charge on any atom is -0.398 e. The first kappa shape index (κ1) is 15.4. The number of aliphatic hydroxyl groups is 2. The van der Waals surface area contributed by atoms with Gasteiger partial charge in [0.05, 0.1) is 6.54 Å². The van der Waals surface area contributed by atoms with Gasteiger partial charge in [-0.15, -0.1) is 0 Å². The van der Waals surface area contributed by atoms with Crippen LogP contribution in [0.5, 0.6) is 0 Å². The van der Waals surface area contributed by atoms with Gasteiger partial charge in [-0.3, -0.25) is 24.6 Å². The lowest BCUT2D eigenvalue weighted by Gasteiger charge is -2.43. The maximum Gasteiger partial charge on any atom is 0.280 e. The number of hydrogen-bond acceptors (Lipinski definition) is 6. The van der Waals surface area contributed by atoms with Crippen LogP contribution in [0.3, 0.4) is 0 Å². The van der Waals surface area contributed by atoms with Crippen LogP contribution in [-0.2, 0) is 16.1 Å². The molecule has 1 aromatic rings. The fraction of sp³-hybridized carbons (Fsp3) is 0.308. The molecule has 2 heterocycles. The number of rotatable bonds is 1. The fourth-order valence-electron chi connectivity index (χ4n) is 2.90. The van der Waals surface area contributed by atoms with Crippen LogP contribution in [0.1, 0.15) is 22.3 Å². The van der Waals surface area contributed by atoms with Gasteiger partial charge in [-0.2, -0.15) is 0 Å². The third-order valence-corrected chi connectivity index (χ3v) is 4.16. The van der Waals surface area contributed by atoms with Crippen molar-refractivity contribution in [2.24, 2.45) is 0 Å². The normalized spacial score (nSPS) is 30.4. The van der Waals surface area contributed by atoms with Crippen LogP contribution in [0.25, 0.3) is 0 Å². The lowest BCUT2D eigenvalue weighted by Crippen LogP contribution is -2.71. The molecule has 0 aromatic heterocycles. The minimum absolute atomic E-state index is 0.0125. The van der Waals surface area contributed by atoms with Crippen LogP contribution in [-0.4, -0.2) is 51.9 Å². The number of nitrogens with zero attached hydrogens (tertiary/aromatic N) is 1. The zero-order valence-corrected chi connectivity index (χ0v) is 12.1. The van der Waals surface area contributed by atoms with Gasteiger partial charge in [0.1, 0.15) is 11.3 Å². The molecule has 0 saturated carbocycles. The van der Waals surface area contributed by atoms with E-state index in [1.807, 2.05) is 5.32 Å². The van der Waals surface area contributed by atoms with Crippen LogP contribution in [0.2, 0.25) is 0 Å². The molecule has 0 aliphatic carbocycles. The van der Waals surface area contributed by atoms with Gasteiger partial charge in [0, 0.05) is 23.2 Å². The number of carbonyl (C=O) groups excluding carboxylic acids is 3. The lowest BCUT2D eigenvalue weighted by atomic mass is 9.72. The van der Waals surface area contributed by atoms with Crippen molar-refractivity contribution in [2.75, 3.05) is 5.73 Å². The van der Waals surface area contributed by atoms with E-state index in [9.17, 15) is 29.0 Å². The number of nitrogen functional groups attached to an aromatic ring is 1. The van der Waals surface area contributed by atoms with Crippen molar-refractivity contribution in [3.8, 4) is 0 Å². The molecular formula is C13H13BFN3O5. The van der Waals surface area contributed by atoms with Crippen LogP contribution >= 0.6 is 0 Å². The van der Waals surface area contributed by atoms with Crippen LogP contribution in [0.15, 0.2) is 12.1 Å². The van der Waals surface area contributed by atoms with Gasteiger partial charge in [0.15, 0.2) is 7.85 Å². The number of nitrogens with two attached hydrogens (primary N) is 1. The molecule has 1 aromatic carbocycles. The van der Waals surface area contributed by atoms with Gasteiger partial charge in [-0.1, -0.05) is 0 Å². The summed E-state index contributed by atoms with van der Waals surface area (Å²) in [5.41, 5.74) is 1.40. The molecule has 0 spiro atoms. The van der Waals surface area contributed by atoms with E-state index < -0.39 is 41.2 Å². The first-order valence-corrected chi connectivity index (χ1v) is 6.77. The Kier molecular flexibility index (Phi) is 3.04. The van der Waals surface area contributed by atoms with Crippen LogP contribution in [0.4, 0.5) is 10.1 Å². The smallest absolute Gasteiger partial charge is 0.280 e. The van der Waals surface area contributed by atoms with E-state index >= 15 is 0 Å². The molecule has 120 valence electrons. The molecule has 10 heteroatoms. The standard InChI is InChI=1S/C13H13BFN3O5/c14-12(22)4-13(23,11(21)17-10(12)20)18-3-7-6(9(18)19)1-5(15)2-8(7)16/h1-2,22-23H,3-4,14,16H2,(H,17,20,21). The zero-order valence-electron chi connectivity index (χ0n) is 12.1. The van der Waals surface area contributed by atoms with E-state index in [1.54, 1.807) is 0 Å². The maximum atomic E-state index is 13.4. The molecule has 2 aliphatic rings. The highest BCUT2D eigenvalue weighted by Gasteiger charge is 2.57. The monoisotopic (exact) mass is 321 g/mol. The Hall–Kier alpha value is -2.46. The molecule has 2 atom stereocenters. The number of imide groups is 1. The molecule has 2 unspecified atom stereocenters. The van der Waals surface area contributed by atoms with E-state index in [0.717, 1.165) is 24.9 Å². The molecule has 23 heavy (non-hydrogen) atoms. The highest BCUT2D eigenvalue weighted by Crippen LogP contribution is 2.37. The summed E-state index contributed by atoms with van der Waals surface area (Å²) in [6.45, 7) is -0.242. The Morgan fingerprint density at radius 2 is 1.91 bits per heavy atom. The van der Waals surface area contributed by atoms with Crippen molar-refractivity contribution in [3.05, 3.63) is 29.1 Å². The van der Waals surface area contributed by atoms with E-state index in [4.69, 9.17) is 5.73 Å². The van der Waals surface area contributed by atoms with E-state index in [2.05, 4.69) is 0 Å². The average Bonchev–Trinajstić information content (AvgIpc) is 2.75. The average molecular weight is 321 g/mol. The summed E-state index contributed by atoms with van der Waals surface area (Å²) in [7, 11) is 1.11. The van der Waals surface area contributed by atoms with Crippen LogP contribution < -0.4 is 11.1 Å². The third-order valence-electron chi connectivity index (χ3n) is 4.16. The quantitative estimate of drug-likeness (QED) is 0.255. The van der Waals surface area contributed by atoms with E-state index in [-0.39, 0.29) is 23.4 Å². The number of piperidine rings is 1. The molecule has 8 nitrogen and oxygen atoms in total.